The van der Waals surface area contributed by atoms with Crippen LogP contribution in [0.5, 0.6) is 0 Å². The molecule has 0 spiro atoms. The zero-order valence-corrected chi connectivity index (χ0v) is 10.5. The summed E-state index contributed by atoms with van der Waals surface area (Å²) < 4.78 is 1.76. The zero-order chi connectivity index (χ0) is 11.1. The van der Waals surface area contributed by atoms with E-state index in [-0.39, 0.29) is 5.91 Å². The minimum atomic E-state index is -0.0885. The van der Waals surface area contributed by atoms with Crippen molar-refractivity contribution in [3.05, 3.63) is 18.2 Å². The van der Waals surface area contributed by atoms with Crippen LogP contribution in [0.25, 0.3) is 0 Å². The number of rotatable bonds is 6. The molecule has 1 N–H and O–H groups in total. The zero-order valence-electron chi connectivity index (χ0n) is 8.87. The van der Waals surface area contributed by atoms with Gasteiger partial charge >= 0.3 is 0 Å². The Kier molecular flexibility index (Phi) is 5.39. The number of amides is 1. The average Bonchev–Trinajstić information content (AvgIpc) is 2.64. The summed E-state index contributed by atoms with van der Waals surface area (Å²) in [5, 5.41) is 3.87. The maximum absolute atomic E-state index is 11.5. The number of aromatic nitrogens is 2. The fourth-order valence-corrected chi connectivity index (χ4v) is 1.62. The first-order chi connectivity index (χ1) is 7.24. The van der Waals surface area contributed by atoms with E-state index in [9.17, 15) is 4.79 Å². The molecule has 0 aromatic carbocycles. The van der Waals surface area contributed by atoms with Crippen LogP contribution in [0.15, 0.2) is 12.5 Å². The van der Waals surface area contributed by atoms with E-state index in [1.165, 1.54) is 0 Å². The molecule has 0 radical (unpaired) electrons. The normalized spacial score (nSPS) is 10.3. The highest BCUT2D eigenvalue weighted by atomic mass is 79.9. The van der Waals surface area contributed by atoms with Gasteiger partial charge in [-0.3, -0.25) is 4.79 Å². The molecule has 0 aliphatic heterocycles. The van der Waals surface area contributed by atoms with Gasteiger partial charge < -0.3 is 9.88 Å². The molecule has 1 rings (SSSR count). The van der Waals surface area contributed by atoms with E-state index in [0.717, 1.165) is 31.1 Å². The number of alkyl halides is 1. The van der Waals surface area contributed by atoms with Gasteiger partial charge in [-0.15, -0.1) is 0 Å². The second-order valence-corrected chi connectivity index (χ2v) is 4.22. The van der Waals surface area contributed by atoms with E-state index in [2.05, 4.69) is 26.2 Å². The predicted molar refractivity (Wildman–Crippen MR) is 63.2 cm³/mol. The standard InChI is InChI=1S/C10H16BrN3O/c1-14-7-9(13-8-14)10(15)12-6-4-2-3-5-11/h7-8H,2-6H2,1H3,(H,12,15). The lowest BCUT2D eigenvalue weighted by Crippen LogP contribution is -2.24. The molecule has 84 valence electrons. The highest BCUT2D eigenvalue weighted by molar-refractivity contribution is 9.09. The first-order valence-corrected chi connectivity index (χ1v) is 6.18. The van der Waals surface area contributed by atoms with Crippen molar-refractivity contribution in [2.75, 3.05) is 11.9 Å². The van der Waals surface area contributed by atoms with Crippen molar-refractivity contribution in [3.63, 3.8) is 0 Å². The molecule has 0 bridgehead atoms. The molecular formula is C10H16BrN3O. The van der Waals surface area contributed by atoms with Gasteiger partial charge in [0, 0.05) is 25.1 Å². The molecule has 0 saturated heterocycles. The first-order valence-electron chi connectivity index (χ1n) is 5.06. The second-order valence-electron chi connectivity index (χ2n) is 3.43. The SMILES string of the molecule is Cn1cnc(C(=O)NCCCCCBr)c1. The highest BCUT2D eigenvalue weighted by Gasteiger charge is 2.06. The van der Waals surface area contributed by atoms with Crippen LogP contribution in [0, 0.1) is 0 Å². The third-order valence-electron chi connectivity index (χ3n) is 2.03. The molecular weight excluding hydrogens is 258 g/mol. The lowest BCUT2D eigenvalue weighted by Gasteiger charge is -2.01. The van der Waals surface area contributed by atoms with Crippen LogP contribution < -0.4 is 5.32 Å². The minimum absolute atomic E-state index is 0.0885. The van der Waals surface area contributed by atoms with Crippen molar-refractivity contribution >= 4 is 21.8 Å². The summed E-state index contributed by atoms with van der Waals surface area (Å²) in [5.41, 5.74) is 0.484. The van der Waals surface area contributed by atoms with Crippen molar-refractivity contribution in [1.29, 1.82) is 0 Å². The van der Waals surface area contributed by atoms with Crippen molar-refractivity contribution < 1.29 is 4.79 Å². The summed E-state index contributed by atoms with van der Waals surface area (Å²) >= 11 is 3.37. The Morgan fingerprint density at radius 1 is 1.53 bits per heavy atom. The largest absolute Gasteiger partial charge is 0.351 e. The molecule has 0 saturated carbocycles. The summed E-state index contributed by atoms with van der Waals surface area (Å²) in [6, 6.07) is 0. The fourth-order valence-electron chi connectivity index (χ4n) is 1.22. The van der Waals surface area contributed by atoms with Gasteiger partial charge in [-0.1, -0.05) is 22.4 Å². The Bertz CT molecular complexity index is 311. The van der Waals surface area contributed by atoms with Gasteiger partial charge in [0.1, 0.15) is 5.69 Å². The molecule has 0 aliphatic carbocycles. The van der Waals surface area contributed by atoms with Gasteiger partial charge in [0.05, 0.1) is 6.33 Å². The molecule has 4 nitrogen and oxygen atoms in total. The molecule has 1 aromatic heterocycles. The van der Waals surface area contributed by atoms with Gasteiger partial charge in [0.25, 0.3) is 5.91 Å². The number of aryl methyl sites for hydroxylation is 1. The molecule has 5 heteroatoms. The van der Waals surface area contributed by atoms with Gasteiger partial charge in [-0.05, 0) is 12.8 Å². The van der Waals surface area contributed by atoms with E-state index >= 15 is 0 Å². The van der Waals surface area contributed by atoms with Crippen LogP contribution in [0.2, 0.25) is 0 Å². The number of hydrogen-bond donors (Lipinski definition) is 1. The summed E-state index contributed by atoms with van der Waals surface area (Å²) in [4.78, 5) is 15.5. The topological polar surface area (TPSA) is 46.9 Å². The fraction of sp³-hybridized carbons (Fsp3) is 0.600. The number of imidazole rings is 1. The van der Waals surface area contributed by atoms with Gasteiger partial charge in [-0.2, -0.15) is 0 Å². The van der Waals surface area contributed by atoms with E-state index in [1.54, 1.807) is 17.1 Å². The molecule has 0 fully saturated rings. The van der Waals surface area contributed by atoms with Gasteiger partial charge in [0.2, 0.25) is 0 Å². The summed E-state index contributed by atoms with van der Waals surface area (Å²) in [6.07, 6.45) is 6.64. The number of hydrogen-bond acceptors (Lipinski definition) is 2. The lowest BCUT2D eigenvalue weighted by atomic mass is 10.2. The monoisotopic (exact) mass is 273 g/mol. The number of halogens is 1. The van der Waals surface area contributed by atoms with Crippen molar-refractivity contribution in [1.82, 2.24) is 14.9 Å². The Morgan fingerprint density at radius 3 is 2.93 bits per heavy atom. The summed E-state index contributed by atoms with van der Waals surface area (Å²) in [7, 11) is 1.85. The maximum atomic E-state index is 11.5. The van der Waals surface area contributed by atoms with Crippen LogP contribution in [0.1, 0.15) is 29.8 Å². The van der Waals surface area contributed by atoms with Crippen molar-refractivity contribution in [3.8, 4) is 0 Å². The highest BCUT2D eigenvalue weighted by Crippen LogP contribution is 1.98. The molecule has 1 aromatic rings. The van der Waals surface area contributed by atoms with Gasteiger partial charge in [0.15, 0.2) is 0 Å². The number of carbonyl (C=O) groups is 1. The van der Waals surface area contributed by atoms with Crippen LogP contribution >= 0.6 is 15.9 Å². The first kappa shape index (κ1) is 12.2. The Balaban J connectivity index is 2.19. The molecule has 0 unspecified atom stereocenters. The Labute approximate surface area is 98.2 Å². The second kappa shape index (κ2) is 6.61. The summed E-state index contributed by atoms with van der Waals surface area (Å²) in [5.74, 6) is -0.0885. The average molecular weight is 274 g/mol. The summed E-state index contributed by atoms with van der Waals surface area (Å²) in [6.45, 7) is 0.725. The smallest absolute Gasteiger partial charge is 0.271 e. The van der Waals surface area contributed by atoms with Crippen LogP contribution in [-0.2, 0) is 7.05 Å². The van der Waals surface area contributed by atoms with Crippen molar-refractivity contribution in [2.45, 2.75) is 19.3 Å². The minimum Gasteiger partial charge on any atom is -0.351 e. The number of nitrogens with zero attached hydrogens (tertiary/aromatic N) is 2. The lowest BCUT2D eigenvalue weighted by molar-refractivity contribution is 0.0948. The van der Waals surface area contributed by atoms with E-state index in [4.69, 9.17) is 0 Å². The van der Waals surface area contributed by atoms with Crippen molar-refractivity contribution in [2.24, 2.45) is 7.05 Å². The Morgan fingerprint density at radius 2 is 2.33 bits per heavy atom. The van der Waals surface area contributed by atoms with E-state index in [1.807, 2.05) is 7.05 Å². The third kappa shape index (κ3) is 4.46. The molecule has 1 heterocycles. The van der Waals surface area contributed by atoms with Crippen LogP contribution in [-0.4, -0.2) is 27.3 Å². The van der Waals surface area contributed by atoms with Crippen LogP contribution in [0.4, 0.5) is 0 Å². The molecule has 1 amide bonds. The molecule has 0 aliphatic rings. The quantitative estimate of drug-likeness (QED) is 0.634. The number of nitrogens with one attached hydrogen (secondary N) is 1. The Hall–Kier alpha value is -0.840. The maximum Gasteiger partial charge on any atom is 0.271 e. The predicted octanol–water partition coefficient (Wildman–Crippen LogP) is 1.72. The number of carbonyl (C=O) groups excluding carboxylic acids is 1. The van der Waals surface area contributed by atoms with E-state index < -0.39 is 0 Å². The van der Waals surface area contributed by atoms with Gasteiger partial charge in [-0.25, -0.2) is 4.98 Å². The molecule has 0 atom stereocenters. The number of unbranched alkanes of at least 4 members (excludes halogenated alkanes) is 2. The van der Waals surface area contributed by atoms with Crippen LogP contribution in [0.3, 0.4) is 0 Å². The molecule has 15 heavy (non-hydrogen) atoms. The van der Waals surface area contributed by atoms with E-state index in [0.29, 0.717) is 5.69 Å². The third-order valence-corrected chi connectivity index (χ3v) is 2.59.